The number of hydrogen-bond donors (Lipinski definition) is 1. The molecule has 0 bridgehead atoms. The van der Waals surface area contributed by atoms with Gasteiger partial charge < -0.3 is 14.2 Å². The number of methoxy groups -OCH3 is 2. The van der Waals surface area contributed by atoms with E-state index in [9.17, 15) is 13.2 Å². The quantitative estimate of drug-likeness (QED) is 0.320. The zero-order chi connectivity index (χ0) is 24.3. The minimum absolute atomic E-state index is 0.0991. The van der Waals surface area contributed by atoms with E-state index in [0.717, 1.165) is 22.1 Å². The summed E-state index contributed by atoms with van der Waals surface area (Å²) in [4.78, 5) is 13.0. The molecule has 34 heavy (non-hydrogen) atoms. The number of esters is 1. The van der Waals surface area contributed by atoms with Gasteiger partial charge >= 0.3 is 5.97 Å². The maximum atomic E-state index is 13.2. The van der Waals surface area contributed by atoms with Crippen molar-refractivity contribution in [1.29, 1.82) is 0 Å². The minimum atomic E-state index is -3.96. The molecule has 3 aromatic carbocycles. The number of sulfonamides is 1. The first-order chi connectivity index (χ1) is 16.4. The zero-order valence-corrected chi connectivity index (χ0v) is 20.5. The normalized spacial score (nSPS) is 11.3. The van der Waals surface area contributed by atoms with Gasteiger partial charge in [-0.25, -0.2) is 13.2 Å². The lowest BCUT2D eigenvalue weighted by molar-refractivity contribution is 0.0529. The summed E-state index contributed by atoms with van der Waals surface area (Å²) in [5, 5.41) is 3.62. The second-order valence-corrected chi connectivity index (χ2v) is 9.82. The minimum Gasteiger partial charge on any atom is -0.493 e. The lowest BCUT2D eigenvalue weighted by Gasteiger charge is -2.12. The molecular weight excluding hydrogens is 474 g/mol. The molecule has 4 aromatic rings. The Bertz CT molecular complexity index is 1460. The summed E-state index contributed by atoms with van der Waals surface area (Å²) in [6, 6.07) is 17.6. The zero-order valence-electron chi connectivity index (χ0n) is 18.8. The number of carbonyl (C=O) groups is 1. The van der Waals surface area contributed by atoms with Crippen LogP contribution >= 0.6 is 11.3 Å². The van der Waals surface area contributed by atoms with Gasteiger partial charge in [-0.05, 0) is 47.5 Å². The first-order valence-corrected chi connectivity index (χ1v) is 12.8. The summed E-state index contributed by atoms with van der Waals surface area (Å²) in [5.41, 5.74) is 1.33. The number of benzene rings is 3. The van der Waals surface area contributed by atoms with Gasteiger partial charge in [-0.3, -0.25) is 4.72 Å². The summed E-state index contributed by atoms with van der Waals surface area (Å²) in [5.74, 6) is 0.403. The second kappa shape index (κ2) is 9.74. The second-order valence-electron chi connectivity index (χ2n) is 7.26. The first kappa shape index (κ1) is 23.6. The summed E-state index contributed by atoms with van der Waals surface area (Å²) in [6.45, 7) is 1.84. The molecular formula is C25H23NO6S2. The van der Waals surface area contributed by atoms with Crippen molar-refractivity contribution in [3.8, 4) is 22.6 Å². The third kappa shape index (κ3) is 4.57. The molecule has 1 heterocycles. The van der Waals surface area contributed by atoms with Gasteiger partial charge in [0.1, 0.15) is 10.6 Å². The smallest absolute Gasteiger partial charge is 0.341 e. The van der Waals surface area contributed by atoms with Crippen LogP contribution in [-0.4, -0.2) is 35.2 Å². The van der Waals surface area contributed by atoms with Crippen LogP contribution in [0.4, 0.5) is 5.00 Å². The van der Waals surface area contributed by atoms with Crippen LogP contribution in [0.3, 0.4) is 0 Å². The number of ether oxygens (including phenoxy) is 3. The highest BCUT2D eigenvalue weighted by Gasteiger charge is 2.26. The van der Waals surface area contributed by atoms with E-state index >= 15 is 0 Å². The van der Waals surface area contributed by atoms with Crippen LogP contribution in [0.15, 0.2) is 70.9 Å². The Morgan fingerprint density at radius 1 is 0.941 bits per heavy atom. The third-order valence-corrected chi connectivity index (χ3v) is 7.60. The summed E-state index contributed by atoms with van der Waals surface area (Å²) < 4.78 is 44.9. The van der Waals surface area contributed by atoms with Crippen LogP contribution < -0.4 is 14.2 Å². The monoisotopic (exact) mass is 497 g/mol. The molecule has 0 atom stereocenters. The average molecular weight is 498 g/mol. The molecule has 0 aliphatic carbocycles. The van der Waals surface area contributed by atoms with Crippen LogP contribution in [0, 0.1) is 0 Å². The van der Waals surface area contributed by atoms with Gasteiger partial charge in [-0.1, -0.05) is 36.4 Å². The first-order valence-electron chi connectivity index (χ1n) is 10.4. The lowest BCUT2D eigenvalue weighted by Crippen LogP contribution is -2.15. The summed E-state index contributed by atoms with van der Waals surface area (Å²) >= 11 is 1.11. The van der Waals surface area contributed by atoms with Crippen molar-refractivity contribution in [2.24, 2.45) is 0 Å². The number of thiophene rings is 1. The van der Waals surface area contributed by atoms with E-state index in [1.54, 1.807) is 42.6 Å². The number of carbonyl (C=O) groups excluding carboxylic acids is 1. The van der Waals surface area contributed by atoms with Gasteiger partial charge in [0.15, 0.2) is 11.5 Å². The van der Waals surface area contributed by atoms with Gasteiger partial charge in [0.05, 0.1) is 25.7 Å². The number of hydrogen-bond acceptors (Lipinski definition) is 7. The molecule has 1 aromatic heterocycles. The van der Waals surface area contributed by atoms with Crippen LogP contribution in [0.5, 0.6) is 11.5 Å². The Morgan fingerprint density at radius 3 is 2.38 bits per heavy atom. The lowest BCUT2D eigenvalue weighted by atomic mass is 10.0. The fourth-order valence-corrected chi connectivity index (χ4v) is 5.89. The molecule has 0 saturated heterocycles. The molecule has 9 heteroatoms. The molecule has 0 radical (unpaired) electrons. The van der Waals surface area contributed by atoms with E-state index in [1.165, 1.54) is 20.3 Å². The summed E-state index contributed by atoms with van der Waals surface area (Å²) in [6.07, 6.45) is 0. The highest BCUT2D eigenvalue weighted by atomic mass is 32.2. The average Bonchev–Trinajstić information content (AvgIpc) is 3.26. The van der Waals surface area contributed by atoms with Gasteiger partial charge in [0, 0.05) is 10.9 Å². The molecule has 0 amide bonds. The molecule has 4 rings (SSSR count). The number of fused-ring (bicyclic) bond motifs is 1. The van der Waals surface area contributed by atoms with E-state index in [-0.39, 0.29) is 22.1 Å². The maximum Gasteiger partial charge on any atom is 0.341 e. The Balaban J connectivity index is 1.77. The highest BCUT2D eigenvalue weighted by Crippen LogP contribution is 2.40. The highest BCUT2D eigenvalue weighted by molar-refractivity contribution is 7.93. The van der Waals surface area contributed by atoms with Crippen molar-refractivity contribution in [2.45, 2.75) is 11.8 Å². The van der Waals surface area contributed by atoms with Gasteiger partial charge in [-0.2, -0.15) is 0 Å². The van der Waals surface area contributed by atoms with Gasteiger partial charge in [-0.15, -0.1) is 11.3 Å². The van der Waals surface area contributed by atoms with E-state index in [0.29, 0.717) is 22.6 Å². The van der Waals surface area contributed by atoms with E-state index in [1.807, 2.05) is 24.3 Å². The van der Waals surface area contributed by atoms with Crippen LogP contribution in [0.25, 0.3) is 21.9 Å². The fourth-order valence-electron chi connectivity index (χ4n) is 3.57. The van der Waals surface area contributed by atoms with Crippen molar-refractivity contribution in [1.82, 2.24) is 0 Å². The molecule has 0 saturated carbocycles. The molecule has 0 fully saturated rings. The predicted octanol–water partition coefficient (Wildman–Crippen LogP) is 5.56. The van der Waals surface area contributed by atoms with Crippen LogP contribution in [0.2, 0.25) is 0 Å². The van der Waals surface area contributed by atoms with E-state index in [2.05, 4.69) is 4.72 Å². The molecule has 0 aliphatic rings. The van der Waals surface area contributed by atoms with Gasteiger partial charge in [0.2, 0.25) is 0 Å². The van der Waals surface area contributed by atoms with Gasteiger partial charge in [0.25, 0.3) is 10.0 Å². The third-order valence-electron chi connectivity index (χ3n) is 5.22. The fraction of sp³-hybridized carbons (Fsp3) is 0.160. The van der Waals surface area contributed by atoms with Crippen molar-refractivity contribution < 1.29 is 27.4 Å². The van der Waals surface area contributed by atoms with Crippen LogP contribution in [-0.2, 0) is 14.8 Å². The molecule has 0 spiro atoms. The maximum absolute atomic E-state index is 13.2. The molecule has 0 unspecified atom stereocenters. The van der Waals surface area contributed by atoms with Crippen LogP contribution in [0.1, 0.15) is 17.3 Å². The standard InChI is InChI=1S/C25H23NO6S2/c1-4-32-25(27)23-20(18-10-12-21(30-2)22(14-18)31-3)15-33-24(23)26-34(28,29)19-11-9-16-7-5-6-8-17(16)13-19/h5-15,26H,4H2,1-3H3. The Morgan fingerprint density at radius 2 is 1.68 bits per heavy atom. The summed E-state index contributed by atoms with van der Waals surface area (Å²) in [7, 11) is -0.908. The number of nitrogens with one attached hydrogen (secondary N) is 1. The Hall–Kier alpha value is -3.56. The molecule has 7 nitrogen and oxygen atoms in total. The topological polar surface area (TPSA) is 90.9 Å². The number of rotatable bonds is 8. The molecule has 0 aliphatic heterocycles. The Labute approximate surface area is 202 Å². The van der Waals surface area contributed by atoms with Crippen molar-refractivity contribution in [3.05, 3.63) is 71.6 Å². The Kier molecular flexibility index (Phi) is 6.76. The molecule has 1 N–H and O–H groups in total. The van der Waals surface area contributed by atoms with Crippen molar-refractivity contribution in [2.75, 3.05) is 25.5 Å². The van der Waals surface area contributed by atoms with E-state index in [4.69, 9.17) is 14.2 Å². The van der Waals surface area contributed by atoms with Crippen molar-refractivity contribution in [3.63, 3.8) is 0 Å². The largest absolute Gasteiger partial charge is 0.493 e. The molecule has 176 valence electrons. The SMILES string of the molecule is CCOC(=O)c1c(-c2ccc(OC)c(OC)c2)csc1NS(=O)(=O)c1ccc2ccccc2c1. The van der Waals surface area contributed by atoms with Crippen molar-refractivity contribution >= 4 is 43.1 Å². The predicted molar refractivity (Wildman–Crippen MR) is 134 cm³/mol. The number of anilines is 1. The van der Waals surface area contributed by atoms with E-state index < -0.39 is 16.0 Å².